The van der Waals surface area contributed by atoms with E-state index in [0.29, 0.717) is 43.8 Å². The summed E-state index contributed by atoms with van der Waals surface area (Å²) in [4.78, 5) is 57.1. The quantitative estimate of drug-likeness (QED) is 0.464. The number of methoxy groups -OCH3 is 1. The average Bonchev–Trinajstić information content (AvgIpc) is 3.63. The van der Waals surface area contributed by atoms with Crippen molar-refractivity contribution < 1.29 is 23.9 Å². The van der Waals surface area contributed by atoms with E-state index in [4.69, 9.17) is 4.74 Å². The Bertz CT molecular complexity index is 1260. The highest BCUT2D eigenvalue weighted by atomic mass is 16.5. The van der Waals surface area contributed by atoms with Gasteiger partial charge in [-0.05, 0) is 43.9 Å². The van der Waals surface area contributed by atoms with E-state index in [-0.39, 0.29) is 47.7 Å². The van der Waals surface area contributed by atoms with Gasteiger partial charge in [0, 0.05) is 41.7 Å². The topological polar surface area (TPSA) is 121 Å². The molecule has 36 heavy (non-hydrogen) atoms. The molecule has 1 aliphatic carbocycles. The van der Waals surface area contributed by atoms with Crippen molar-refractivity contribution in [2.75, 3.05) is 20.2 Å². The standard InChI is InChI=1S/C27H32N4O5/c1-4-21(32)19(11-16-9-10-28-23(16)33)30-25(35)27-13-26(5-2,14-27)15-31(27)24(34)20-12-17-18(29-20)7-6-8-22(17)36-3/h5-8,12,16,19,29H,2,4,9-11,13-15H2,1,3H3,(H,28,33)(H,30,35). The molecule has 1 aromatic heterocycles. The summed E-state index contributed by atoms with van der Waals surface area (Å²) in [6, 6.07) is 6.52. The molecule has 3 saturated heterocycles. The number of rotatable bonds is 9. The number of fused-ring (bicyclic) bond motifs is 2. The number of ether oxygens (including phenoxy) is 1. The van der Waals surface area contributed by atoms with Crippen LogP contribution < -0.4 is 15.4 Å². The number of carbonyl (C=O) groups is 4. The number of hydrogen-bond donors (Lipinski definition) is 3. The number of amides is 3. The first kappa shape index (κ1) is 24.1. The SMILES string of the molecule is C=CC12CN(C(=O)c3cc4c(OC)cccc4[nH]3)C(C(=O)NC(CC3CCNC3=O)C(=O)CC)(C1)C2. The molecule has 3 aliphatic heterocycles. The van der Waals surface area contributed by atoms with Crippen molar-refractivity contribution in [1.29, 1.82) is 0 Å². The van der Waals surface area contributed by atoms with Gasteiger partial charge < -0.3 is 25.3 Å². The highest BCUT2D eigenvalue weighted by Gasteiger charge is 2.69. The number of benzene rings is 1. The number of carbonyl (C=O) groups excluding carboxylic acids is 4. The lowest BCUT2D eigenvalue weighted by molar-refractivity contribution is -0.138. The zero-order chi connectivity index (χ0) is 25.7. The second-order valence-corrected chi connectivity index (χ2v) is 10.3. The zero-order valence-corrected chi connectivity index (χ0v) is 20.7. The molecule has 6 rings (SSSR count). The molecule has 2 bridgehead atoms. The number of nitrogens with zero attached hydrogens (tertiary/aromatic N) is 1. The first-order chi connectivity index (χ1) is 17.3. The molecule has 2 atom stereocenters. The van der Waals surface area contributed by atoms with E-state index in [0.717, 1.165) is 10.9 Å². The molecule has 3 N–H and O–H groups in total. The summed E-state index contributed by atoms with van der Waals surface area (Å²) < 4.78 is 5.42. The Hall–Kier alpha value is -3.62. The minimum absolute atomic E-state index is 0.0856. The van der Waals surface area contributed by atoms with Gasteiger partial charge in [0.2, 0.25) is 11.8 Å². The minimum atomic E-state index is -1.06. The average molecular weight is 493 g/mol. The summed E-state index contributed by atoms with van der Waals surface area (Å²) in [6.07, 6.45) is 3.91. The Morgan fingerprint density at radius 1 is 1.33 bits per heavy atom. The van der Waals surface area contributed by atoms with Gasteiger partial charge in [-0.1, -0.05) is 19.1 Å². The Morgan fingerprint density at radius 3 is 2.75 bits per heavy atom. The molecule has 4 fully saturated rings. The predicted octanol–water partition coefficient (Wildman–Crippen LogP) is 2.33. The lowest BCUT2D eigenvalue weighted by Gasteiger charge is -2.45. The first-order valence-corrected chi connectivity index (χ1v) is 12.5. The molecule has 4 heterocycles. The lowest BCUT2D eigenvalue weighted by Crippen LogP contribution is -2.62. The van der Waals surface area contributed by atoms with Crippen molar-refractivity contribution >= 4 is 34.4 Å². The van der Waals surface area contributed by atoms with Crippen molar-refractivity contribution in [3.63, 3.8) is 0 Å². The molecule has 0 spiro atoms. The van der Waals surface area contributed by atoms with Crippen molar-refractivity contribution in [2.24, 2.45) is 11.3 Å². The summed E-state index contributed by atoms with van der Waals surface area (Å²) in [6.45, 7) is 6.66. The van der Waals surface area contributed by atoms with E-state index in [9.17, 15) is 19.2 Å². The third-order valence-corrected chi connectivity index (χ3v) is 8.18. The van der Waals surface area contributed by atoms with Crippen LogP contribution in [0, 0.1) is 11.3 Å². The monoisotopic (exact) mass is 492 g/mol. The van der Waals surface area contributed by atoms with Gasteiger partial charge in [-0.2, -0.15) is 0 Å². The summed E-state index contributed by atoms with van der Waals surface area (Å²) in [5.74, 6) is -0.479. The van der Waals surface area contributed by atoms with Gasteiger partial charge in [-0.25, -0.2) is 0 Å². The Labute approximate surface area is 209 Å². The van der Waals surface area contributed by atoms with Crippen molar-refractivity contribution in [3.8, 4) is 5.75 Å². The number of H-pyrrole nitrogens is 1. The van der Waals surface area contributed by atoms with E-state index >= 15 is 0 Å². The Morgan fingerprint density at radius 2 is 2.11 bits per heavy atom. The molecule has 2 aromatic rings. The second kappa shape index (κ2) is 8.80. The third kappa shape index (κ3) is 3.68. The van der Waals surface area contributed by atoms with Gasteiger partial charge in [0.1, 0.15) is 17.0 Å². The molecule has 1 saturated carbocycles. The predicted molar refractivity (Wildman–Crippen MR) is 133 cm³/mol. The largest absolute Gasteiger partial charge is 0.496 e. The maximum Gasteiger partial charge on any atom is 0.271 e. The van der Waals surface area contributed by atoms with Gasteiger partial charge in [0.15, 0.2) is 5.78 Å². The van der Waals surface area contributed by atoms with Crippen LogP contribution in [-0.2, 0) is 14.4 Å². The molecule has 0 radical (unpaired) electrons. The van der Waals surface area contributed by atoms with Crippen LogP contribution in [0.25, 0.3) is 10.9 Å². The van der Waals surface area contributed by atoms with Crippen LogP contribution in [0.1, 0.15) is 49.5 Å². The second-order valence-electron chi connectivity index (χ2n) is 10.3. The number of ketones is 1. The minimum Gasteiger partial charge on any atom is -0.496 e. The fourth-order valence-electron chi connectivity index (χ4n) is 6.17. The van der Waals surface area contributed by atoms with Gasteiger partial charge in [-0.3, -0.25) is 19.2 Å². The van der Waals surface area contributed by atoms with E-state index in [1.807, 2.05) is 24.3 Å². The van der Waals surface area contributed by atoms with Crippen LogP contribution in [-0.4, -0.2) is 65.2 Å². The maximum absolute atomic E-state index is 13.7. The number of hydrogen-bond acceptors (Lipinski definition) is 5. The molecule has 190 valence electrons. The van der Waals surface area contributed by atoms with Gasteiger partial charge in [-0.15, -0.1) is 6.58 Å². The van der Waals surface area contributed by atoms with E-state index in [1.165, 1.54) is 0 Å². The van der Waals surface area contributed by atoms with Crippen LogP contribution in [0.2, 0.25) is 0 Å². The number of Topliss-reactive ketones (excluding diaryl/α,β-unsaturated/α-hetero) is 1. The zero-order valence-electron chi connectivity index (χ0n) is 20.7. The highest BCUT2D eigenvalue weighted by molar-refractivity contribution is 6.04. The van der Waals surface area contributed by atoms with Gasteiger partial charge in [0.05, 0.1) is 13.2 Å². The molecule has 1 aromatic carbocycles. The van der Waals surface area contributed by atoms with Crippen molar-refractivity contribution in [2.45, 2.75) is 50.6 Å². The van der Waals surface area contributed by atoms with Crippen LogP contribution in [0.4, 0.5) is 0 Å². The van der Waals surface area contributed by atoms with Crippen molar-refractivity contribution in [3.05, 3.63) is 42.6 Å². The molecule has 9 nitrogen and oxygen atoms in total. The molecular formula is C27H32N4O5. The Balaban J connectivity index is 1.41. The molecule has 3 amide bonds. The van der Waals surface area contributed by atoms with Crippen LogP contribution >= 0.6 is 0 Å². The smallest absolute Gasteiger partial charge is 0.271 e. The van der Waals surface area contributed by atoms with Crippen LogP contribution in [0.3, 0.4) is 0 Å². The highest BCUT2D eigenvalue weighted by Crippen LogP contribution is 2.60. The molecule has 2 unspecified atom stereocenters. The maximum atomic E-state index is 13.7. The number of aromatic nitrogens is 1. The summed E-state index contributed by atoms with van der Waals surface area (Å²) >= 11 is 0. The fraction of sp³-hybridized carbons (Fsp3) is 0.481. The third-order valence-electron chi connectivity index (χ3n) is 8.18. The van der Waals surface area contributed by atoms with Gasteiger partial charge in [0.25, 0.3) is 5.91 Å². The first-order valence-electron chi connectivity index (χ1n) is 12.5. The number of nitrogens with one attached hydrogen (secondary N) is 3. The summed E-state index contributed by atoms with van der Waals surface area (Å²) in [5.41, 5.74) is -0.245. The summed E-state index contributed by atoms with van der Waals surface area (Å²) in [7, 11) is 1.58. The van der Waals surface area contributed by atoms with Crippen molar-refractivity contribution in [1.82, 2.24) is 20.5 Å². The fourth-order valence-corrected chi connectivity index (χ4v) is 6.17. The molecule has 4 aliphatic rings. The normalized spacial score (nSPS) is 27.3. The Kier molecular flexibility index (Phi) is 5.89. The van der Waals surface area contributed by atoms with Crippen LogP contribution in [0.15, 0.2) is 36.9 Å². The van der Waals surface area contributed by atoms with E-state index in [2.05, 4.69) is 22.2 Å². The molecule has 9 heteroatoms. The van der Waals surface area contributed by atoms with Gasteiger partial charge >= 0.3 is 0 Å². The van der Waals surface area contributed by atoms with E-state index in [1.54, 1.807) is 25.0 Å². The number of aromatic amines is 1. The lowest BCUT2D eigenvalue weighted by atomic mass is 9.61. The van der Waals surface area contributed by atoms with Crippen LogP contribution in [0.5, 0.6) is 5.75 Å². The summed E-state index contributed by atoms with van der Waals surface area (Å²) in [5, 5.41) is 6.51. The molecular weight excluding hydrogens is 460 g/mol. The van der Waals surface area contributed by atoms with E-state index < -0.39 is 11.6 Å².